The number of ether oxygens (including phenoxy) is 1. The maximum absolute atomic E-state index is 12.5. The van der Waals surface area contributed by atoms with E-state index in [1.807, 2.05) is 12.1 Å². The van der Waals surface area contributed by atoms with Crippen molar-refractivity contribution in [2.75, 3.05) is 47.8 Å². The number of aromatic nitrogens is 2. The number of amides is 2. The molecule has 0 aliphatic carbocycles. The minimum absolute atomic E-state index is 0.306. The Morgan fingerprint density at radius 1 is 0.970 bits per heavy atom. The number of rotatable bonds is 4. The van der Waals surface area contributed by atoms with Crippen LogP contribution in [0.5, 0.6) is 5.75 Å². The smallest absolute Gasteiger partial charge is 0.406 e. The van der Waals surface area contributed by atoms with Crippen LogP contribution in [0.3, 0.4) is 0 Å². The summed E-state index contributed by atoms with van der Waals surface area (Å²) in [7, 11) is 0. The van der Waals surface area contributed by atoms with Crippen LogP contribution in [-0.2, 0) is 0 Å². The van der Waals surface area contributed by atoms with Gasteiger partial charge in [-0.05, 0) is 62.6 Å². The van der Waals surface area contributed by atoms with E-state index in [0.29, 0.717) is 37.9 Å². The molecule has 1 aromatic carbocycles. The zero-order valence-corrected chi connectivity index (χ0v) is 18.4. The number of anilines is 3. The fourth-order valence-electron chi connectivity index (χ4n) is 4.16. The summed E-state index contributed by atoms with van der Waals surface area (Å²) in [5, 5.41) is 11.5. The molecule has 3 heterocycles. The van der Waals surface area contributed by atoms with Crippen molar-refractivity contribution in [3.05, 3.63) is 36.4 Å². The number of benzene rings is 1. The normalized spacial score (nSPS) is 19.4. The Balaban J connectivity index is 1.27. The van der Waals surface area contributed by atoms with Crippen LogP contribution in [0.15, 0.2) is 36.4 Å². The Bertz CT molecular complexity index is 931. The molecule has 2 saturated heterocycles. The molecule has 1 unspecified atom stereocenters. The molecule has 1 N–H and O–H groups in total. The van der Waals surface area contributed by atoms with Crippen molar-refractivity contribution in [3.8, 4) is 5.75 Å². The highest BCUT2D eigenvalue weighted by Crippen LogP contribution is 2.25. The van der Waals surface area contributed by atoms with Crippen molar-refractivity contribution in [2.45, 2.75) is 38.6 Å². The predicted octanol–water partition coefficient (Wildman–Crippen LogP) is 4.11. The Kier molecular flexibility index (Phi) is 6.75. The highest BCUT2D eigenvalue weighted by molar-refractivity contribution is 5.89. The molecule has 0 spiro atoms. The fourth-order valence-corrected chi connectivity index (χ4v) is 4.16. The molecule has 11 heteroatoms. The number of alkyl halides is 3. The summed E-state index contributed by atoms with van der Waals surface area (Å²) in [6.45, 7) is 5.42. The topological polar surface area (TPSA) is 73.8 Å². The molecule has 0 saturated carbocycles. The van der Waals surface area contributed by atoms with Gasteiger partial charge in [-0.25, -0.2) is 4.79 Å². The lowest BCUT2D eigenvalue weighted by Gasteiger charge is -2.36. The maximum Gasteiger partial charge on any atom is 0.573 e. The van der Waals surface area contributed by atoms with Crippen molar-refractivity contribution < 1.29 is 22.7 Å². The molecule has 0 bridgehead atoms. The van der Waals surface area contributed by atoms with E-state index in [4.69, 9.17) is 0 Å². The van der Waals surface area contributed by atoms with Crippen LogP contribution in [-0.4, -0.2) is 66.3 Å². The van der Waals surface area contributed by atoms with Crippen LogP contribution < -0.4 is 19.9 Å². The third-order valence-electron chi connectivity index (χ3n) is 5.96. The molecular formula is C22H27F3N6O2. The second-order valence-electron chi connectivity index (χ2n) is 8.26. The number of urea groups is 1. The van der Waals surface area contributed by atoms with E-state index >= 15 is 0 Å². The molecule has 2 aromatic rings. The molecule has 2 aliphatic rings. The molecule has 2 aliphatic heterocycles. The van der Waals surface area contributed by atoms with Crippen LogP contribution >= 0.6 is 0 Å². The monoisotopic (exact) mass is 464 g/mol. The van der Waals surface area contributed by atoms with Gasteiger partial charge in [0.1, 0.15) is 5.75 Å². The van der Waals surface area contributed by atoms with Gasteiger partial charge >= 0.3 is 12.4 Å². The number of piperazine rings is 1. The van der Waals surface area contributed by atoms with Crippen molar-refractivity contribution in [3.63, 3.8) is 0 Å². The third-order valence-corrected chi connectivity index (χ3v) is 5.96. The largest absolute Gasteiger partial charge is 0.573 e. The zero-order valence-electron chi connectivity index (χ0n) is 18.4. The maximum atomic E-state index is 12.5. The number of nitrogens with zero attached hydrogens (tertiary/aromatic N) is 5. The molecule has 1 atom stereocenters. The lowest BCUT2D eigenvalue weighted by Crippen LogP contribution is -2.50. The Morgan fingerprint density at radius 3 is 2.24 bits per heavy atom. The summed E-state index contributed by atoms with van der Waals surface area (Å²) in [5.74, 6) is 1.34. The van der Waals surface area contributed by atoms with E-state index in [2.05, 4.69) is 37.0 Å². The highest BCUT2D eigenvalue weighted by atomic mass is 19.4. The van der Waals surface area contributed by atoms with Crippen molar-refractivity contribution in [1.82, 2.24) is 15.1 Å². The van der Waals surface area contributed by atoms with E-state index in [1.165, 1.54) is 31.4 Å². The van der Waals surface area contributed by atoms with Gasteiger partial charge in [-0.2, -0.15) is 0 Å². The first-order valence-electron chi connectivity index (χ1n) is 11.1. The highest BCUT2D eigenvalue weighted by Gasteiger charge is 2.31. The lowest BCUT2D eigenvalue weighted by atomic mass is 10.0. The predicted molar refractivity (Wildman–Crippen MR) is 119 cm³/mol. The van der Waals surface area contributed by atoms with Gasteiger partial charge in [-0.15, -0.1) is 23.4 Å². The average molecular weight is 464 g/mol. The summed E-state index contributed by atoms with van der Waals surface area (Å²) >= 11 is 0. The van der Waals surface area contributed by atoms with Gasteiger partial charge in [0, 0.05) is 44.5 Å². The van der Waals surface area contributed by atoms with E-state index in [9.17, 15) is 18.0 Å². The van der Waals surface area contributed by atoms with Crippen LogP contribution in [0.25, 0.3) is 0 Å². The van der Waals surface area contributed by atoms with Gasteiger partial charge in [-0.3, -0.25) is 0 Å². The first-order chi connectivity index (χ1) is 15.8. The van der Waals surface area contributed by atoms with Crippen LogP contribution in [0.2, 0.25) is 0 Å². The van der Waals surface area contributed by atoms with Crippen molar-refractivity contribution in [2.24, 2.45) is 0 Å². The van der Waals surface area contributed by atoms with E-state index in [1.54, 1.807) is 4.90 Å². The van der Waals surface area contributed by atoms with Crippen molar-refractivity contribution in [1.29, 1.82) is 0 Å². The van der Waals surface area contributed by atoms with E-state index in [-0.39, 0.29) is 11.8 Å². The number of piperidine rings is 1. The van der Waals surface area contributed by atoms with Crippen LogP contribution in [0, 0.1) is 0 Å². The Labute approximate surface area is 190 Å². The van der Waals surface area contributed by atoms with Crippen molar-refractivity contribution >= 4 is 23.4 Å². The zero-order chi connectivity index (χ0) is 23.4. The number of carbonyl (C=O) groups is 1. The SMILES string of the molecule is CC1CCCCN1c1ccc(N2CCN(C(=O)Nc3ccc(OC(F)(F)F)cc3)CC2)nn1. The summed E-state index contributed by atoms with van der Waals surface area (Å²) in [6, 6.07) is 9.21. The summed E-state index contributed by atoms with van der Waals surface area (Å²) in [5.41, 5.74) is 0.394. The summed E-state index contributed by atoms with van der Waals surface area (Å²) < 4.78 is 40.6. The van der Waals surface area contributed by atoms with E-state index < -0.39 is 6.36 Å². The third kappa shape index (κ3) is 5.96. The van der Waals surface area contributed by atoms with Gasteiger partial charge in [0.2, 0.25) is 0 Å². The minimum Gasteiger partial charge on any atom is -0.406 e. The molecule has 33 heavy (non-hydrogen) atoms. The average Bonchev–Trinajstić information content (AvgIpc) is 2.80. The van der Waals surface area contributed by atoms with Gasteiger partial charge < -0.3 is 24.8 Å². The number of hydrogen-bond acceptors (Lipinski definition) is 6. The molecule has 8 nitrogen and oxygen atoms in total. The standard InChI is InChI=1S/C22H27F3N6O2/c1-16-4-2-3-11-31(16)20-10-9-19(27-28-20)29-12-14-30(15-13-29)21(32)26-17-5-7-18(8-6-17)33-22(23,24)25/h5-10,16H,2-4,11-15H2,1H3,(H,26,32). The number of hydrogen-bond donors (Lipinski definition) is 1. The molecule has 1 aromatic heterocycles. The van der Waals surface area contributed by atoms with E-state index in [0.717, 1.165) is 30.3 Å². The van der Waals surface area contributed by atoms with Crippen LogP contribution in [0.1, 0.15) is 26.2 Å². The minimum atomic E-state index is -4.75. The quantitative estimate of drug-likeness (QED) is 0.734. The molecule has 2 fully saturated rings. The molecule has 4 rings (SSSR count). The second kappa shape index (κ2) is 9.72. The first-order valence-corrected chi connectivity index (χ1v) is 11.1. The second-order valence-corrected chi connectivity index (χ2v) is 8.26. The first kappa shape index (κ1) is 22.9. The molecular weight excluding hydrogens is 437 g/mol. The van der Waals surface area contributed by atoms with Gasteiger partial charge in [0.15, 0.2) is 11.6 Å². The summed E-state index contributed by atoms with van der Waals surface area (Å²) in [4.78, 5) is 18.6. The van der Waals surface area contributed by atoms with Gasteiger partial charge in [0.25, 0.3) is 0 Å². The summed E-state index contributed by atoms with van der Waals surface area (Å²) in [6.07, 6.45) is -1.16. The molecule has 2 amide bonds. The molecule has 178 valence electrons. The lowest BCUT2D eigenvalue weighted by molar-refractivity contribution is -0.274. The number of nitrogens with one attached hydrogen (secondary N) is 1. The van der Waals surface area contributed by atoms with Crippen LogP contribution in [0.4, 0.5) is 35.3 Å². The Hall–Kier alpha value is -3.24. The molecule has 0 radical (unpaired) electrons. The van der Waals surface area contributed by atoms with Gasteiger partial charge in [0.05, 0.1) is 0 Å². The number of carbonyl (C=O) groups excluding carboxylic acids is 1. The van der Waals surface area contributed by atoms with Gasteiger partial charge in [-0.1, -0.05) is 0 Å². The Morgan fingerprint density at radius 2 is 1.64 bits per heavy atom. The number of halogens is 3. The fraction of sp³-hybridized carbons (Fsp3) is 0.500.